The fraction of sp³-hybridized carbons (Fsp3) is 0.167. The van der Waals surface area contributed by atoms with Gasteiger partial charge in [0.2, 0.25) is 15.9 Å². The zero-order chi connectivity index (χ0) is 23.5. The van der Waals surface area contributed by atoms with E-state index in [1.54, 1.807) is 36.4 Å². The molecule has 0 aliphatic carbocycles. The first-order chi connectivity index (χ1) is 15.1. The van der Waals surface area contributed by atoms with Gasteiger partial charge in [-0.05, 0) is 66.9 Å². The number of nitrogens with two attached hydrogens (primary N) is 1. The minimum atomic E-state index is -3.52. The molecule has 0 saturated heterocycles. The van der Waals surface area contributed by atoms with Crippen molar-refractivity contribution < 1.29 is 18.0 Å². The largest absolute Gasteiger partial charge is 0.366 e. The number of amides is 2. The molecule has 0 aliphatic rings. The fourth-order valence-electron chi connectivity index (χ4n) is 3.41. The number of carbonyl (C=O) groups is 2. The van der Waals surface area contributed by atoms with Crippen molar-refractivity contribution in [3.8, 4) is 0 Å². The Morgan fingerprint density at radius 1 is 0.875 bits per heavy atom. The van der Waals surface area contributed by atoms with E-state index in [9.17, 15) is 18.0 Å². The molecule has 0 heterocycles. The zero-order valence-corrected chi connectivity index (χ0v) is 18.9. The SMILES string of the molecule is Cc1cccc(C)c1N(Cc1ccc(C(=O)Nc2ccc(C(N)=O)cc2)cc1)S(C)(=O)=O. The molecule has 0 aliphatic heterocycles. The molecule has 0 atom stereocenters. The van der Waals surface area contributed by atoms with E-state index in [1.807, 2.05) is 32.0 Å². The van der Waals surface area contributed by atoms with Crippen LogP contribution in [0.15, 0.2) is 66.7 Å². The van der Waals surface area contributed by atoms with Crippen molar-refractivity contribution in [2.24, 2.45) is 5.73 Å². The maximum absolute atomic E-state index is 12.5. The molecule has 0 aromatic heterocycles. The number of sulfonamides is 1. The van der Waals surface area contributed by atoms with Crippen molar-refractivity contribution in [2.75, 3.05) is 15.9 Å². The molecule has 0 saturated carbocycles. The molecular weight excluding hydrogens is 426 g/mol. The maximum atomic E-state index is 12.5. The molecule has 8 heteroatoms. The van der Waals surface area contributed by atoms with E-state index in [4.69, 9.17) is 5.73 Å². The molecule has 0 radical (unpaired) electrons. The van der Waals surface area contributed by atoms with E-state index in [0.717, 1.165) is 16.7 Å². The van der Waals surface area contributed by atoms with Gasteiger partial charge in [0.25, 0.3) is 5.91 Å². The topological polar surface area (TPSA) is 110 Å². The van der Waals surface area contributed by atoms with Crippen LogP contribution in [0.1, 0.15) is 37.4 Å². The molecule has 3 aromatic rings. The third kappa shape index (κ3) is 5.33. The van der Waals surface area contributed by atoms with Crippen LogP contribution in [0.4, 0.5) is 11.4 Å². The number of hydrogen-bond acceptors (Lipinski definition) is 4. The normalized spacial score (nSPS) is 11.1. The van der Waals surface area contributed by atoms with Crippen LogP contribution in [0.3, 0.4) is 0 Å². The van der Waals surface area contributed by atoms with Gasteiger partial charge < -0.3 is 11.1 Å². The monoisotopic (exact) mass is 451 g/mol. The highest BCUT2D eigenvalue weighted by atomic mass is 32.2. The Bertz CT molecular complexity index is 1230. The third-order valence-electron chi connectivity index (χ3n) is 5.06. The van der Waals surface area contributed by atoms with Gasteiger partial charge in [0, 0.05) is 16.8 Å². The van der Waals surface area contributed by atoms with Crippen molar-refractivity contribution in [3.63, 3.8) is 0 Å². The van der Waals surface area contributed by atoms with Gasteiger partial charge in [0.05, 0.1) is 18.5 Å². The van der Waals surface area contributed by atoms with Crippen LogP contribution in [0.5, 0.6) is 0 Å². The van der Waals surface area contributed by atoms with Crippen LogP contribution >= 0.6 is 0 Å². The highest BCUT2D eigenvalue weighted by molar-refractivity contribution is 7.92. The van der Waals surface area contributed by atoms with Gasteiger partial charge in [-0.15, -0.1) is 0 Å². The van der Waals surface area contributed by atoms with E-state index in [0.29, 0.717) is 22.5 Å². The number of nitrogens with one attached hydrogen (secondary N) is 1. The summed E-state index contributed by atoms with van der Waals surface area (Å²) in [4.78, 5) is 23.7. The van der Waals surface area contributed by atoms with E-state index < -0.39 is 15.9 Å². The number of anilines is 2. The second-order valence-corrected chi connectivity index (χ2v) is 9.51. The number of aryl methyl sites for hydroxylation is 2. The number of nitrogens with zero attached hydrogens (tertiary/aromatic N) is 1. The predicted octanol–water partition coefficient (Wildman–Crippen LogP) is 3.62. The summed E-state index contributed by atoms with van der Waals surface area (Å²) in [5.74, 6) is -0.861. The van der Waals surface area contributed by atoms with Crippen molar-refractivity contribution >= 4 is 33.2 Å². The average molecular weight is 452 g/mol. The molecule has 32 heavy (non-hydrogen) atoms. The van der Waals surface area contributed by atoms with Crippen LogP contribution < -0.4 is 15.4 Å². The van der Waals surface area contributed by atoms with Gasteiger partial charge in [-0.3, -0.25) is 13.9 Å². The lowest BCUT2D eigenvalue weighted by Crippen LogP contribution is -2.30. The molecule has 3 N–H and O–H groups in total. The molecule has 7 nitrogen and oxygen atoms in total. The van der Waals surface area contributed by atoms with Gasteiger partial charge in [0.1, 0.15) is 0 Å². The Morgan fingerprint density at radius 2 is 1.41 bits per heavy atom. The molecule has 166 valence electrons. The highest BCUT2D eigenvalue weighted by Gasteiger charge is 2.21. The van der Waals surface area contributed by atoms with E-state index in [1.165, 1.54) is 22.7 Å². The summed E-state index contributed by atoms with van der Waals surface area (Å²) >= 11 is 0. The molecule has 0 spiro atoms. The van der Waals surface area contributed by atoms with Gasteiger partial charge in [-0.2, -0.15) is 0 Å². The molecule has 0 unspecified atom stereocenters. The smallest absolute Gasteiger partial charge is 0.255 e. The summed E-state index contributed by atoms with van der Waals surface area (Å²) in [5.41, 5.74) is 9.68. The lowest BCUT2D eigenvalue weighted by atomic mass is 10.1. The minimum Gasteiger partial charge on any atom is -0.366 e. The van der Waals surface area contributed by atoms with Crippen molar-refractivity contribution in [1.82, 2.24) is 0 Å². The molecule has 0 fully saturated rings. The number of primary amides is 1. The van der Waals surface area contributed by atoms with Crippen molar-refractivity contribution in [2.45, 2.75) is 20.4 Å². The summed E-state index contributed by atoms with van der Waals surface area (Å²) in [6.07, 6.45) is 1.18. The van der Waals surface area contributed by atoms with Gasteiger partial charge >= 0.3 is 0 Å². The summed E-state index contributed by atoms with van der Waals surface area (Å²) in [6, 6.07) is 18.7. The summed E-state index contributed by atoms with van der Waals surface area (Å²) < 4.78 is 26.4. The van der Waals surface area contributed by atoms with E-state index >= 15 is 0 Å². The van der Waals surface area contributed by atoms with Crippen molar-refractivity contribution in [3.05, 3.63) is 94.5 Å². The number of rotatable bonds is 7. The first kappa shape index (κ1) is 23.0. The number of hydrogen-bond donors (Lipinski definition) is 2. The van der Waals surface area contributed by atoms with E-state index in [-0.39, 0.29) is 12.5 Å². The van der Waals surface area contributed by atoms with Crippen molar-refractivity contribution in [1.29, 1.82) is 0 Å². The van der Waals surface area contributed by atoms with Crippen LogP contribution in [0, 0.1) is 13.8 Å². The number of para-hydroxylation sites is 1. The van der Waals surface area contributed by atoms with Crippen LogP contribution in [0.25, 0.3) is 0 Å². The predicted molar refractivity (Wildman–Crippen MR) is 126 cm³/mol. The van der Waals surface area contributed by atoms with E-state index in [2.05, 4.69) is 5.32 Å². The Labute approximate surface area is 187 Å². The Morgan fingerprint density at radius 3 is 1.91 bits per heavy atom. The Kier molecular flexibility index (Phi) is 6.64. The first-order valence-corrected chi connectivity index (χ1v) is 11.7. The lowest BCUT2D eigenvalue weighted by Gasteiger charge is -2.26. The van der Waals surface area contributed by atoms with Crippen LogP contribution in [0.2, 0.25) is 0 Å². The number of carbonyl (C=O) groups excluding carboxylic acids is 2. The molecule has 0 bridgehead atoms. The van der Waals surface area contributed by atoms with Gasteiger partial charge in [-0.1, -0.05) is 30.3 Å². The summed E-state index contributed by atoms with van der Waals surface area (Å²) in [6.45, 7) is 3.91. The maximum Gasteiger partial charge on any atom is 0.255 e. The molecule has 3 rings (SSSR count). The molecule has 2 amide bonds. The minimum absolute atomic E-state index is 0.154. The summed E-state index contributed by atoms with van der Waals surface area (Å²) in [5, 5.41) is 2.75. The number of benzene rings is 3. The third-order valence-corrected chi connectivity index (χ3v) is 6.17. The van der Waals surface area contributed by atoms with Crippen LogP contribution in [-0.4, -0.2) is 26.5 Å². The highest BCUT2D eigenvalue weighted by Crippen LogP contribution is 2.28. The Balaban J connectivity index is 1.78. The summed E-state index contributed by atoms with van der Waals surface area (Å²) in [7, 11) is -3.52. The second kappa shape index (κ2) is 9.23. The van der Waals surface area contributed by atoms with Crippen LogP contribution in [-0.2, 0) is 16.6 Å². The molecular formula is C24H25N3O4S. The fourth-order valence-corrected chi connectivity index (χ4v) is 4.41. The quantitative estimate of drug-likeness (QED) is 0.572. The van der Waals surface area contributed by atoms with Gasteiger partial charge in [-0.25, -0.2) is 8.42 Å². The molecule has 3 aromatic carbocycles. The second-order valence-electron chi connectivity index (χ2n) is 7.60. The Hall–Kier alpha value is -3.65. The lowest BCUT2D eigenvalue weighted by molar-refractivity contribution is 0.0998. The van der Waals surface area contributed by atoms with Gasteiger partial charge in [0.15, 0.2) is 0 Å². The first-order valence-electron chi connectivity index (χ1n) is 9.90. The zero-order valence-electron chi connectivity index (χ0n) is 18.1. The average Bonchev–Trinajstić information content (AvgIpc) is 2.73. The standard InChI is InChI=1S/C24H25N3O4S/c1-16-5-4-6-17(2)22(16)27(32(3,30)31)15-18-7-9-20(10-8-18)24(29)26-21-13-11-19(12-14-21)23(25)28/h4-14H,15H2,1-3H3,(H2,25,28)(H,26,29).